The molecule has 670 valence electrons. The Hall–Kier alpha value is -15.6. The van der Waals surface area contributed by atoms with Gasteiger partial charge in [0.05, 0.1) is 76.9 Å². The largest absolute Gasteiger partial charge is 0.379 e. The van der Waals surface area contributed by atoms with Crippen molar-refractivity contribution in [1.29, 1.82) is 0 Å². The van der Waals surface area contributed by atoms with Crippen LogP contribution in [0.4, 0.5) is 46.0 Å². The van der Waals surface area contributed by atoms with E-state index in [1.165, 1.54) is 107 Å². The second-order valence-electron chi connectivity index (χ2n) is 33.6. The number of amides is 4. The third-order valence-corrected chi connectivity index (χ3v) is 25.4. The molecule has 0 unspecified atom stereocenters. The Bertz CT molecular complexity index is 7260. The van der Waals surface area contributed by atoms with Crippen LogP contribution in [-0.2, 0) is 39.3 Å². The summed E-state index contributed by atoms with van der Waals surface area (Å²) in [6.07, 6.45) is 9.94. The number of hydrogen-bond donors (Lipinski definition) is 5. The predicted molar refractivity (Wildman–Crippen MR) is 542 cm³/mol. The highest BCUT2D eigenvalue weighted by molar-refractivity contribution is 7.12. The lowest BCUT2D eigenvalue weighted by Crippen LogP contribution is -2.14. The van der Waals surface area contributed by atoms with Crippen LogP contribution < -0.4 is 26.6 Å². The summed E-state index contributed by atoms with van der Waals surface area (Å²) in [6.45, 7) is 21.0. The third kappa shape index (κ3) is 22.3. The van der Waals surface area contributed by atoms with Crippen molar-refractivity contribution in [1.82, 2.24) is 22.8 Å². The molecular formula is C114H100F4N10O4S2. The molecule has 0 bridgehead atoms. The molecule has 0 spiro atoms. The molecular weight excluding hydrogens is 1710 g/mol. The molecule has 0 atom stereocenters. The van der Waals surface area contributed by atoms with Gasteiger partial charge in [-0.1, -0.05) is 276 Å². The fourth-order valence-corrected chi connectivity index (χ4v) is 17.7. The molecule has 20 heteroatoms. The Morgan fingerprint density at radius 2 is 0.545 bits per heavy atom. The highest BCUT2D eigenvalue weighted by atomic mass is 32.1. The monoisotopic (exact) mass is 1810 g/mol. The van der Waals surface area contributed by atoms with E-state index in [0.717, 1.165) is 137 Å². The van der Waals surface area contributed by atoms with Gasteiger partial charge in [-0.2, -0.15) is 0 Å². The SMILES string of the molecule is Cc1ccc(CNc2cn(Cc3ccc(C)cc3)c3ccccc23)cc1.Cc1ccc(Cn2cc(NC(=O)c3cc(F)ccc3F)c3ccccc32)cc1.Cc1ccc(Cn2cc(NC(=O)c3cccc(F)c3F)c3ccccc32)cc1.Cc1ccc(Cn2cc(NC(=O)c3sccc3C)c3ccccc32)cc1.Cc1ccc(Cn2cc(NC(=O)c3sccc3C)c3ccccc32)cc1. The number of nitrogens with one attached hydrogen (secondary N) is 5. The minimum Gasteiger partial charge on any atom is -0.379 e. The zero-order valence-electron chi connectivity index (χ0n) is 75.5. The van der Waals surface area contributed by atoms with Crippen molar-refractivity contribution in [3.8, 4) is 0 Å². The number of thiophene rings is 2. The van der Waals surface area contributed by atoms with Gasteiger partial charge in [0, 0.05) is 97.2 Å². The summed E-state index contributed by atoms with van der Waals surface area (Å²) in [6, 6.07) is 102. The number of rotatable bonds is 21. The van der Waals surface area contributed by atoms with Crippen LogP contribution in [0.3, 0.4) is 0 Å². The number of carbonyl (C=O) groups excluding carboxylic acids is 4. The molecule has 134 heavy (non-hydrogen) atoms. The van der Waals surface area contributed by atoms with Gasteiger partial charge in [0.25, 0.3) is 23.6 Å². The molecule has 0 aliphatic carbocycles. The first-order valence-electron chi connectivity index (χ1n) is 44.2. The fourth-order valence-electron chi connectivity index (χ4n) is 16.1. The van der Waals surface area contributed by atoms with Crippen molar-refractivity contribution in [2.45, 2.75) is 94.7 Å². The van der Waals surface area contributed by atoms with Gasteiger partial charge in [-0.05, 0) is 183 Å². The van der Waals surface area contributed by atoms with Crippen molar-refractivity contribution >= 4 is 129 Å². The topological polar surface area (TPSA) is 153 Å². The van der Waals surface area contributed by atoms with Gasteiger partial charge in [-0.15, -0.1) is 22.7 Å². The maximum atomic E-state index is 14.0. The normalized spacial score (nSPS) is 11.0. The molecule has 0 saturated heterocycles. The van der Waals surface area contributed by atoms with Crippen molar-refractivity contribution < 1.29 is 36.7 Å². The summed E-state index contributed by atoms with van der Waals surface area (Å²) >= 11 is 2.95. The summed E-state index contributed by atoms with van der Waals surface area (Å²) in [5.74, 6) is -5.08. The second kappa shape index (κ2) is 42.1. The fraction of sp³-hybridized carbons (Fsp3) is 0.123. The van der Waals surface area contributed by atoms with Crippen LogP contribution in [0.25, 0.3) is 54.5 Å². The molecule has 0 aliphatic heterocycles. The molecule has 13 aromatic carbocycles. The number of fused-ring (bicyclic) bond motifs is 5. The maximum absolute atomic E-state index is 14.0. The Labute approximate surface area is 784 Å². The van der Waals surface area contributed by atoms with Crippen molar-refractivity contribution in [3.05, 3.63) is 479 Å². The molecule has 0 radical (unpaired) electrons. The molecule has 20 aromatic rings. The van der Waals surface area contributed by atoms with Crippen molar-refractivity contribution in [2.75, 3.05) is 26.6 Å². The number of anilines is 5. The first kappa shape index (κ1) is 91.7. The van der Waals surface area contributed by atoms with Crippen LogP contribution in [0, 0.1) is 78.7 Å². The van der Waals surface area contributed by atoms with Gasteiger partial charge in [0.2, 0.25) is 0 Å². The Morgan fingerprint density at radius 3 is 0.851 bits per heavy atom. The minimum atomic E-state index is -1.15. The number of halogens is 4. The average Bonchev–Trinajstić information content (AvgIpc) is 1.66. The highest BCUT2D eigenvalue weighted by Gasteiger charge is 2.23. The van der Waals surface area contributed by atoms with E-state index in [2.05, 4.69) is 268 Å². The predicted octanol–water partition coefficient (Wildman–Crippen LogP) is 28.2. The summed E-state index contributed by atoms with van der Waals surface area (Å²) in [5.41, 5.74) is 25.6. The number of aryl methyl sites for hydroxylation is 8. The van der Waals surface area contributed by atoms with Gasteiger partial charge in [0.15, 0.2) is 11.6 Å². The van der Waals surface area contributed by atoms with Crippen LogP contribution in [0.1, 0.15) is 118 Å². The highest BCUT2D eigenvalue weighted by Crippen LogP contribution is 2.35. The van der Waals surface area contributed by atoms with E-state index in [1.54, 1.807) is 0 Å². The zero-order valence-corrected chi connectivity index (χ0v) is 77.1. The lowest BCUT2D eigenvalue weighted by molar-refractivity contribution is 0.101. The van der Waals surface area contributed by atoms with Crippen LogP contribution in [0.2, 0.25) is 0 Å². The lowest BCUT2D eigenvalue weighted by Gasteiger charge is -2.06. The summed E-state index contributed by atoms with van der Waals surface area (Å²) < 4.78 is 65.5. The second-order valence-corrected chi connectivity index (χ2v) is 35.4. The third-order valence-electron chi connectivity index (χ3n) is 23.4. The summed E-state index contributed by atoms with van der Waals surface area (Å²) in [5, 5.41) is 24.2. The molecule has 0 fully saturated rings. The zero-order chi connectivity index (χ0) is 93.5. The molecule has 20 rings (SSSR count). The molecule has 7 heterocycles. The average molecular weight is 1810 g/mol. The first-order valence-corrected chi connectivity index (χ1v) is 45.9. The standard InChI is InChI=1S/C24H24N2.2C23H18F2N2O.2C22H20N2OS/c1-18-7-11-20(12-8-18)15-25-23-17-26(24-6-4-3-5-22(23)24)16-21-13-9-19(2)10-14-21;1-15-9-11-16(12-10-15)13-27-14-20(17-5-2-3-8-21(17)27)26-23(28)18-6-4-7-19(24)22(18)25;1-15-6-8-16(9-7-15)13-27-14-21(18-4-2-3-5-22(18)27)26-23(28)19-12-17(24)10-11-20(19)25;2*1-15-7-9-17(10-8-15)13-24-14-19(18-5-3-4-6-20(18)24)23-22(25)21-16(2)11-12-26-21/h3-14,17,25H,15-16H2,1-2H3;2*2-12,14H,13H2,1H3,(H,26,28);2*3-12,14H,13H2,1-2H3,(H,23,25). The molecule has 0 saturated carbocycles. The van der Waals surface area contributed by atoms with Gasteiger partial charge < -0.3 is 49.4 Å². The van der Waals surface area contributed by atoms with E-state index in [-0.39, 0.29) is 22.9 Å². The number of benzene rings is 13. The number of carbonyl (C=O) groups is 4. The quantitative estimate of drug-likeness (QED) is 0.0454. The van der Waals surface area contributed by atoms with Crippen LogP contribution >= 0.6 is 22.7 Å². The van der Waals surface area contributed by atoms with E-state index in [9.17, 15) is 36.7 Å². The number of hydrogen-bond acceptors (Lipinski definition) is 7. The number of nitrogens with zero attached hydrogens (tertiary/aromatic N) is 5. The smallest absolute Gasteiger partial charge is 0.266 e. The summed E-state index contributed by atoms with van der Waals surface area (Å²) in [7, 11) is 0. The van der Waals surface area contributed by atoms with E-state index in [1.807, 2.05) is 157 Å². The summed E-state index contributed by atoms with van der Waals surface area (Å²) in [4.78, 5) is 51.8. The molecule has 5 N–H and O–H groups in total. The number of para-hydroxylation sites is 5. The maximum Gasteiger partial charge on any atom is 0.266 e. The van der Waals surface area contributed by atoms with Crippen LogP contribution in [0.5, 0.6) is 0 Å². The Balaban J connectivity index is 0.000000122. The molecule has 7 aromatic heterocycles. The van der Waals surface area contributed by atoms with Crippen molar-refractivity contribution in [3.63, 3.8) is 0 Å². The van der Waals surface area contributed by atoms with Gasteiger partial charge in [-0.25, -0.2) is 17.6 Å². The van der Waals surface area contributed by atoms with Crippen LogP contribution in [0.15, 0.2) is 357 Å². The van der Waals surface area contributed by atoms with Gasteiger partial charge in [0.1, 0.15) is 11.6 Å². The lowest BCUT2D eigenvalue weighted by atomic mass is 10.1. The first-order chi connectivity index (χ1) is 64.9. The van der Waals surface area contributed by atoms with E-state index < -0.39 is 35.1 Å². The minimum absolute atomic E-state index is 0.0456. The van der Waals surface area contributed by atoms with Crippen LogP contribution in [-0.4, -0.2) is 46.5 Å². The number of aromatic nitrogens is 5. The van der Waals surface area contributed by atoms with E-state index >= 15 is 0 Å². The van der Waals surface area contributed by atoms with E-state index in [4.69, 9.17) is 0 Å². The molecule has 4 amide bonds. The van der Waals surface area contributed by atoms with E-state index in [0.29, 0.717) is 24.5 Å². The Morgan fingerprint density at radius 1 is 0.269 bits per heavy atom. The molecule has 14 nitrogen and oxygen atoms in total. The molecule has 0 aliphatic rings. The Kier molecular flexibility index (Phi) is 28.8. The van der Waals surface area contributed by atoms with Crippen molar-refractivity contribution in [2.24, 2.45) is 0 Å². The van der Waals surface area contributed by atoms with Gasteiger partial charge in [-0.3, -0.25) is 19.2 Å². The van der Waals surface area contributed by atoms with Gasteiger partial charge >= 0.3 is 0 Å².